The Bertz CT molecular complexity index is 446. The highest BCUT2D eigenvalue weighted by atomic mass is 35.5. The summed E-state index contributed by atoms with van der Waals surface area (Å²) in [6.45, 7) is 0.526. The van der Waals surface area contributed by atoms with Crippen LogP contribution >= 0.6 is 24.2 Å². The number of halogens is 1. The first-order valence-corrected chi connectivity index (χ1v) is 8.35. The van der Waals surface area contributed by atoms with Crippen molar-refractivity contribution in [2.24, 2.45) is 5.73 Å². The average Bonchev–Trinajstić information content (AvgIpc) is 2.51. The van der Waals surface area contributed by atoms with Crippen molar-refractivity contribution in [3.05, 3.63) is 35.9 Å². The lowest BCUT2D eigenvalue weighted by molar-refractivity contribution is -0.126. The molecule has 0 radical (unpaired) electrons. The van der Waals surface area contributed by atoms with E-state index in [1.54, 1.807) is 11.8 Å². The second-order valence-electron chi connectivity index (χ2n) is 4.69. The summed E-state index contributed by atoms with van der Waals surface area (Å²) in [6.07, 6.45) is 3.35. The van der Waals surface area contributed by atoms with E-state index in [2.05, 4.69) is 10.6 Å². The Kier molecular flexibility index (Phi) is 11.6. The molecule has 0 saturated heterocycles. The quantitative estimate of drug-likeness (QED) is 0.622. The Balaban J connectivity index is 0.00000441. The number of nitrogens with two attached hydrogens (primary N) is 1. The smallest absolute Gasteiger partial charge is 0.239 e. The minimum Gasteiger partial charge on any atom is -0.354 e. The highest BCUT2D eigenvalue weighted by Crippen LogP contribution is 1.99. The van der Waals surface area contributed by atoms with E-state index in [1.165, 1.54) is 5.56 Å². The molecule has 1 aromatic rings. The van der Waals surface area contributed by atoms with Gasteiger partial charge in [-0.05, 0) is 30.4 Å². The van der Waals surface area contributed by atoms with Crippen LogP contribution in [0.25, 0.3) is 0 Å². The van der Waals surface area contributed by atoms with Gasteiger partial charge in [-0.15, -0.1) is 12.4 Å². The maximum absolute atomic E-state index is 11.6. The third-order valence-corrected chi connectivity index (χ3v) is 3.62. The van der Waals surface area contributed by atoms with Gasteiger partial charge in [0.2, 0.25) is 11.8 Å². The predicted octanol–water partition coefficient (Wildman–Crippen LogP) is 0.964. The van der Waals surface area contributed by atoms with Crippen molar-refractivity contribution < 1.29 is 9.59 Å². The summed E-state index contributed by atoms with van der Waals surface area (Å²) in [5, 5.41) is 5.32. The minimum absolute atomic E-state index is 0. The van der Waals surface area contributed by atoms with Crippen molar-refractivity contribution in [3.8, 4) is 0 Å². The SMILES string of the molecule is CSCC[C@H](N)C(=O)NCC(=O)NCCc1ccccc1.Cl. The van der Waals surface area contributed by atoms with Gasteiger partial charge in [0.15, 0.2) is 0 Å². The molecule has 0 spiro atoms. The Morgan fingerprint density at radius 2 is 1.91 bits per heavy atom. The number of carbonyl (C=O) groups is 2. The van der Waals surface area contributed by atoms with Crippen LogP contribution < -0.4 is 16.4 Å². The topological polar surface area (TPSA) is 84.2 Å². The molecule has 0 unspecified atom stereocenters. The first-order chi connectivity index (χ1) is 10.1. The standard InChI is InChI=1S/C15H23N3O2S.ClH/c1-21-10-8-13(16)15(20)18-11-14(19)17-9-7-12-5-3-2-4-6-12;/h2-6,13H,7-11,16H2,1H3,(H,17,19)(H,18,20);1H/t13-;/m0./s1. The van der Waals surface area contributed by atoms with Crippen molar-refractivity contribution in [1.82, 2.24) is 10.6 Å². The maximum Gasteiger partial charge on any atom is 0.239 e. The normalized spacial score (nSPS) is 11.2. The zero-order chi connectivity index (χ0) is 15.5. The monoisotopic (exact) mass is 345 g/mol. The summed E-state index contributed by atoms with van der Waals surface area (Å²) in [4.78, 5) is 23.2. The van der Waals surface area contributed by atoms with Crippen LogP contribution in [-0.4, -0.2) is 43.0 Å². The molecule has 2 amide bonds. The summed E-state index contributed by atoms with van der Waals surface area (Å²) in [6, 6.07) is 9.37. The van der Waals surface area contributed by atoms with Gasteiger partial charge in [0.1, 0.15) is 0 Å². The van der Waals surface area contributed by atoms with E-state index in [-0.39, 0.29) is 30.8 Å². The van der Waals surface area contributed by atoms with Gasteiger partial charge in [-0.2, -0.15) is 11.8 Å². The fraction of sp³-hybridized carbons (Fsp3) is 0.467. The molecule has 0 bridgehead atoms. The molecule has 0 aliphatic carbocycles. The highest BCUT2D eigenvalue weighted by Gasteiger charge is 2.13. The molecule has 0 aromatic heterocycles. The molecule has 0 aliphatic heterocycles. The zero-order valence-electron chi connectivity index (χ0n) is 12.7. The van der Waals surface area contributed by atoms with Crippen LogP contribution in [0.15, 0.2) is 30.3 Å². The zero-order valence-corrected chi connectivity index (χ0v) is 14.3. The van der Waals surface area contributed by atoms with Gasteiger partial charge in [-0.3, -0.25) is 9.59 Å². The second kappa shape index (κ2) is 12.3. The Morgan fingerprint density at radius 3 is 2.55 bits per heavy atom. The van der Waals surface area contributed by atoms with Crippen LogP contribution in [0, 0.1) is 0 Å². The van der Waals surface area contributed by atoms with Crippen molar-refractivity contribution in [1.29, 1.82) is 0 Å². The largest absolute Gasteiger partial charge is 0.354 e. The lowest BCUT2D eigenvalue weighted by Gasteiger charge is -2.11. The first kappa shape index (κ1) is 20.8. The highest BCUT2D eigenvalue weighted by molar-refractivity contribution is 7.98. The summed E-state index contributed by atoms with van der Waals surface area (Å²) in [5.74, 6) is 0.358. The summed E-state index contributed by atoms with van der Waals surface area (Å²) in [5.41, 5.74) is 6.88. The molecule has 5 nitrogen and oxygen atoms in total. The number of hydrogen-bond donors (Lipinski definition) is 3. The van der Waals surface area contributed by atoms with Gasteiger partial charge in [0.05, 0.1) is 12.6 Å². The lowest BCUT2D eigenvalue weighted by Crippen LogP contribution is -2.45. The summed E-state index contributed by atoms with van der Waals surface area (Å²) >= 11 is 1.64. The van der Waals surface area contributed by atoms with E-state index in [9.17, 15) is 9.59 Å². The number of nitrogens with one attached hydrogen (secondary N) is 2. The van der Waals surface area contributed by atoms with Crippen molar-refractivity contribution in [2.75, 3.05) is 25.1 Å². The van der Waals surface area contributed by atoms with Crippen LogP contribution in [0.3, 0.4) is 0 Å². The van der Waals surface area contributed by atoms with Crippen molar-refractivity contribution >= 4 is 36.0 Å². The molecule has 0 heterocycles. The minimum atomic E-state index is -0.547. The van der Waals surface area contributed by atoms with Crippen LogP contribution in [0.2, 0.25) is 0 Å². The van der Waals surface area contributed by atoms with Gasteiger partial charge in [0.25, 0.3) is 0 Å². The number of thioether (sulfide) groups is 1. The number of carbonyl (C=O) groups excluding carboxylic acids is 2. The molecule has 0 fully saturated rings. The third-order valence-electron chi connectivity index (χ3n) is 2.97. The fourth-order valence-corrected chi connectivity index (χ4v) is 2.22. The summed E-state index contributed by atoms with van der Waals surface area (Å²) in [7, 11) is 0. The van der Waals surface area contributed by atoms with Gasteiger partial charge in [-0.25, -0.2) is 0 Å². The number of rotatable bonds is 9. The van der Waals surface area contributed by atoms with E-state index >= 15 is 0 Å². The molecule has 1 rings (SSSR count). The van der Waals surface area contributed by atoms with Crippen molar-refractivity contribution in [2.45, 2.75) is 18.9 Å². The van der Waals surface area contributed by atoms with E-state index in [4.69, 9.17) is 5.73 Å². The molecule has 22 heavy (non-hydrogen) atoms. The lowest BCUT2D eigenvalue weighted by atomic mass is 10.1. The average molecular weight is 346 g/mol. The van der Waals surface area contributed by atoms with E-state index in [0.29, 0.717) is 13.0 Å². The predicted molar refractivity (Wildman–Crippen MR) is 94.4 cm³/mol. The van der Waals surface area contributed by atoms with Crippen molar-refractivity contribution in [3.63, 3.8) is 0 Å². The van der Waals surface area contributed by atoms with Gasteiger partial charge in [-0.1, -0.05) is 30.3 Å². The summed E-state index contributed by atoms with van der Waals surface area (Å²) < 4.78 is 0. The molecule has 7 heteroatoms. The molecule has 0 aliphatic rings. The number of amides is 2. The Hall–Kier alpha value is -1.24. The van der Waals surface area contributed by atoms with Crippen LogP contribution in [0.5, 0.6) is 0 Å². The van der Waals surface area contributed by atoms with Crippen LogP contribution in [0.4, 0.5) is 0 Å². The van der Waals surface area contributed by atoms with Gasteiger partial charge < -0.3 is 16.4 Å². The van der Waals surface area contributed by atoms with Gasteiger partial charge in [0, 0.05) is 6.54 Å². The fourth-order valence-electron chi connectivity index (χ4n) is 1.73. The molecular formula is C15H24ClN3O2S. The molecule has 124 valence electrons. The number of benzene rings is 1. The molecule has 0 saturated carbocycles. The second-order valence-corrected chi connectivity index (χ2v) is 5.68. The molecule has 4 N–H and O–H groups in total. The van der Waals surface area contributed by atoms with Crippen LogP contribution in [-0.2, 0) is 16.0 Å². The van der Waals surface area contributed by atoms with Crippen LogP contribution in [0.1, 0.15) is 12.0 Å². The van der Waals surface area contributed by atoms with E-state index < -0.39 is 6.04 Å². The number of hydrogen-bond acceptors (Lipinski definition) is 4. The maximum atomic E-state index is 11.6. The molecule has 1 aromatic carbocycles. The third kappa shape index (κ3) is 8.92. The first-order valence-electron chi connectivity index (χ1n) is 6.96. The molecular weight excluding hydrogens is 322 g/mol. The van der Waals surface area contributed by atoms with E-state index in [1.807, 2.05) is 36.6 Å². The Morgan fingerprint density at radius 1 is 1.23 bits per heavy atom. The Labute approximate surface area is 142 Å². The molecule has 1 atom stereocenters. The van der Waals surface area contributed by atoms with E-state index in [0.717, 1.165) is 12.2 Å². The van der Waals surface area contributed by atoms with Gasteiger partial charge >= 0.3 is 0 Å².